The largest absolute Gasteiger partial charge is 0.493 e. The summed E-state index contributed by atoms with van der Waals surface area (Å²) in [5, 5.41) is 15.1. The van der Waals surface area contributed by atoms with Gasteiger partial charge in [0.05, 0.1) is 21.8 Å². The Morgan fingerprint density at radius 2 is 2.04 bits per heavy atom. The van der Waals surface area contributed by atoms with Crippen LogP contribution in [0.25, 0.3) is 10.4 Å². The SMILES string of the molecule is O=S1(=O)NC(O)=CN1c1csc(-c2cccc(NC3CCCCC3)c2)c1Cl. The molecule has 0 amide bonds. The van der Waals surface area contributed by atoms with Crippen LogP contribution in [0.4, 0.5) is 11.4 Å². The Kier molecular flexibility index (Phi) is 4.96. The molecule has 0 atom stereocenters. The Morgan fingerprint density at radius 1 is 1.26 bits per heavy atom. The van der Waals surface area contributed by atoms with Crippen LogP contribution in [-0.2, 0) is 10.2 Å². The Labute approximate surface area is 167 Å². The lowest BCUT2D eigenvalue weighted by molar-refractivity contribution is 0.392. The predicted molar refractivity (Wildman–Crippen MR) is 111 cm³/mol. The van der Waals surface area contributed by atoms with Crippen LogP contribution in [0, 0.1) is 0 Å². The molecule has 1 aliphatic heterocycles. The maximum absolute atomic E-state index is 12.1. The fourth-order valence-electron chi connectivity index (χ4n) is 3.50. The first-order chi connectivity index (χ1) is 12.9. The molecular formula is C18H20ClN3O3S2. The third-order valence-corrected chi connectivity index (χ3v) is 7.58. The maximum atomic E-state index is 12.1. The van der Waals surface area contributed by atoms with Gasteiger partial charge in [0.1, 0.15) is 0 Å². The minimum atomic E-state index is -3.86. The molecule has 4 rings (SSSR count). The van der Waals surface area contributed by atoms with Crippen LogP contribution in [0.3, 0.4) is 0 Å². The van der Waals surface area contributed by atoms with Crippen LogP contribution in [-0.4, -0.2) is 19.6 Å². The average molecular weight is 426 g/mol. The molecule has 1 aromatic heterocycles. The van der Waals surface area contributed by atoms with E-state index in [4.69, 9.17) is 11.6 Å². The van der Waals surface area contributed by atoms with E-state index in [-0.39, 0.29) is 0 Å². The normalized spacial score (nSPS) is 19.6. The van der Waals surface area contributed by atoms with Crippen LogP contribution in [0.2, 0.25) is 5.02 Å². The van der Waals surface area contributed by atoms with Gasteiger partial charge in [-0.1, -0.05) is 43.0 Å². The summed E-state index contributed by atoms with van der Waals surface area (Å²) >= 11 is 7.87. The number of hydrogen-bond donors (Lipinski definition) is 3. The van der Waals surface area contributed by atoms with Crippen molar-refractivity contribution in [1.82, 2.24) is 4.72 Å². The number of halogens is 1. The lowest BCUT2D eigenvalue weighted by Gasteiger charge is -2.24. The van der Waals surface area contributed by atoms with Crippen molar-refractivity contribution in [2.24, 2.45) is 0 Å². The Morgan fingerprint density at radius 3 is 2.74 bits per heavy atom. The molecule has 0 saturated heterocycles. The smallest absolute Gasteiger partial charge is 0.330 e. The van der Waals surface area contributed by atoms with Crippen molar-refractivity contribution in [3.63, 3.8) is 0 Å². The van der Waals surface area contributed by atoms with Gasteiger partial charge in [0, 0.05) is 17.1 Å². The lowest BCUT2D eigenvalue weighted by atomic mass is 9.95. The van der Waals surface area contributed by atoms with Crippen molar-refractivity contribution in [2.45, 2.75) is 38.1 Å². The summed E-state index contributed by atoms with van der Waals surface area (Å²) in [7, 11) is -3.86. The fourth-order valence-corrected chi connectivity index (χ4v) is 6.06. The van der Waals surface area contributed by atoms with Crippen LogP contribution in [0.1, 0.15) is 32.1 Å². The third-order valence-electron chi connectivity index (χ3n) is 4.78. The topological polar surface area (TPSA) is 81.7 Å². The molecule has 1 saturated carbocycles. The molecule has 1 fully saturated rings. The second-order valence-corrected chi connectivity index (χ2v) is 9.55. The van der Waals surface area contributed by atoms with E-state index in [0.717, 1.165) is 26.6 Å². The zero-order valence-corrected chi connectivity index (χ0v) is 16.9. The van der Waals surface area contributed by atoms with E-state index < -0.39 is 16.1 Å². The summed E-state index contributed by atoms with van der Waals surface area (Å²) in [6.45, 7) is 0. The average Bonchev–Trinajstić information content (AvgIpc) is 3.14. The van der Waals surface area contributed by atoms with Gasteiger partial charge in [-0.3, -0.25) is 0 Å². The highest BCUT2D eigenvalue weighted by molar-refractivity contribution is 7.91. The number of benzene rings is 1. The van der Waals surface area contributed by atoms with Gasteiger partial charge in [0.15, 0.2) is 0 Å². The van der Waals surface area contributed by atoms with E-state index in [9.17, 15) is 13.5 Å². The number of hydrogen-bond acceptors (Lipinski definition) is 5. The van der Waals surface area contributed by atoms with Gasteiger partial charge < -0.3 is 10.4 Å². The summed E-state index contributed by atoms with van der Waals surface area (Å²) in [4.78, 5) is 0.786. The molecule has 27 heavy (non-hydrogen) atoms. The third kappa shape index (κ3) is 3.74. The van der Waals surface area contributed by atoms with E-state index >= 15 is 0 Å². The van der Waals surface area contributed by atoms with Crippen LogP contribution in [0.15, 0.2) is 41.7 Å². The summed E-state index contributed by atoms with van der Waals surface area (Å²) in [5.41, 5.74) is 2.28. The minimum Gasteiger partial charge on any atom is -0.493 e. The van der Waals surface area contributed by atoms with Crippen molar-refractivity contribution in [1.29, 1.82) is 0 Å². The first-order valence-corrected chi connectivity index (χ1v) is 11.5. The molecule has 1 aromatic carbocycles. The highest BCUT2D eigenvalue weighted by Crippen LogP contribution is 2.43. The molecule has 144 valence electrons. The molecule has 9 heteroatoms. The lowest BCUT2D eigenvalue weighted by Crippen LogP contribution is -2.29. The van der Waals surface area contributed by atoms with Gasteiger partial charge >= 0.3 is 10.2 Å². The molecule has 0 radical (unpaired) electrons. The zero-order chi connectivity index (χ0) is 19.0. The van der Waals surface area contributed by atoms with E-state index in [1.807, 2.05) is 29.0 Å². The molecule has 1 aliphatic carbocycles. The molecule has 0 bridgehead atoms. The van der Waals surface area contributed by atoms with Gasteiger partial charge in [0.25, 0.3) is 0 Å². The summed E-state index contributed by atoms with van der Waals surface area (Å²) < 4.78 is 27.1. The molecule has 2 heterocycles. The van der Waals surface area contributed by atoms with Gasteiger partial charge in [-0.05, 0) is 30.5 Å². The van der Waals surface area contributed by atoms with Crippen LogP contribution >= 0.6 is 22.9 Å². The van der Waals surface area contributed by atoms with Crippen molar-refractivity contribution in [2.75, 3.05) is 9.62 Å². The highest BCUT2D eigenvalue weighted by Gasteiger charge is 2.31. The van der Waals surface area contributed by atoms with Crippen LogP contribution in [0.5, 0.6) is 0 Å². The monoisotopic (exact) mass is 425 g/mol. The number of anilines is 2. The van der Waals surface area contributed by atoms with Gasteiger partial charge in [-0.25, -0.2) is 9.03 Å². The zero-order valence-electron chi connectivity index (χ0n) is 14.5. The summed E-state index contributed by atoms with van der Waals surface area (Å²) in [5.74, 6) is -0.433. The minimum absolute atomic E-state index is 0.318. The second kappa shape index (κ2) is 7.26. The molecule has 3 N–H and O–H groups in total. The predicted octanol–water partition coefficient (Wildman–Crippen LogP) is 4.82. The van der Waals surface area contributed by atoms with Gasteiger partial charge in [-0.15, -0.1) is 11.3 Å². The Balaban J connectivity index is 1.61. The quantitative estimate of drug-likeness (QED) is 0.655. The molecule has 0 unspecified atom stereocenters. The number of rotatable bonds is 4. The number of nitrogens with one attached hydrogen (secondary N) is 2. The fraction of sp³-hybridized carbons (Fsp3) is 0.333. The van der Waals surface area contributed by atoms with E-state index in [1.54, 1.807) is 5.38 Å². The van der Waals surface area contributed by atoms with E-state index in [0.29, 0.717) is 16.8 Å². The number of thiophene rings is 1. The second-order valence-electron chi connectivity index (χ2n) is 6.74. The standard InChI is InChI=1S/C18H20ClN3O3S2/c19-17-15(22-10-16(23)21-27(22,24)25)11-26-18(17)12-5-4-8-14(9-12)20-13-6-2-1-3-7-13/h4-5,8-11,13,20-21,23H,1-3,6-7H2. The van der Waals surface area contributed by atoms with Gasteiger partial charge in [-0.2, -0.15) is 8.42 Å². The molecule has 0 spiro atoms. The first-order valence-electron chi connectivity index (χ1n) is 8.81. The maximum Gasteiger partial charge on any atom is 0.330 e. The highest BCUT2D eigenvalue weighted by atomic mass is 35.5. The molecule has 2 aliphatic rings. The summed E-state index contributed by atoms with van der Waals surface area (Å²) in [6, 6.07) is 8.50. The van der Waals surface area contributed by atoms with Crippen molar-refractivity contribution < 1.29 is 13.5 Å². The Hall–Kier alpha value is -1.90. The van der Waals surface area contributed by atoms with E-state index in [2.05, 4.69) is 5.32 Å². The first kappa shape index (κ1) is 18.5. The summed E-state index contributed by atoms with van der Waals surface area (Å²) in [6.07, 6.45) is 7.30. The number of nitrogens with zero attached hydrogens (tertiary/aromatic N) is 1. The molecule has 2 aromatic rings. The van der Waals surface area contributed by atoms with Crippen LogP contribution < -0.4 is 14.3 Å². The van der Waals surface area contributed by atoms with Crippen molar-refractivity contribution in [3.05, 3.63) is 46.8 Å². The van der Waals surface area contributed by atoms with Crippen molar-refractivity contribution in [3.8, 4) is 10.4 Å². The number of aliphatic hydroxyl groups is 1. The molecule has 6 nitrogen and oxygen atoms in total. The Bertz CT molecular complexity index is 981. The van der Waals surface area contributed by atoms with Gasteiger partial charge in [0.2, 0.25) is 5.88 Å². The van der Waals surface area contributed by atoms with E-state index in [1.165, 1.54) is 43.4 Å². The van der Waals surface area contributed by atoms with Crippen molar-refractivity contribution >= 4 is 44.5 Å². The molecular weight excluding hydrogens is 406 g/mol. The number of aliphatic hydroxyl groups excluding tert-OH is 1.